The van der Waals surface area contributed by atoms with Crippen molar-refractivity contribution >= 4 is 23.4 Å². The molecule has 1 N–H and O–H groups in total. The maximum absolute atomic E-state index is 12.6. The third kappa shape index (κ3) is 3.75. The molecule has 1 aliphatic heterocycles. The molecule has 1 aromatic rings. The fraction of sp³-hybridized carbons (Fsp3) is 0.476. The molecule has 1 aliphatic carbocycles. The molecule has 1 fully saturated rings. The first-order valence-corrected chi connectivity index (χ1v) is 9.21. The minimum Gasteiger partial charge on any atom is -0.495 e. The van der Waals surface area contributed by atoms with Gasteiger partial charge in [0.25, 0.3) is 0 Å². The van der Waals surface area contributed by atoms with Crippen molar-refractivity contribution in [1.82, 2.24) is 4.90 Å². The van der Waals surface area contributed by atoms with Crippen LogP contribution >= 0.6 is 0 Å². The molecule has 1 saturated heterocycles. The Hall–Kier alpha value is -2.63. The zero-order chi connectivity index (χ0) is 19.8. The summed E-state index contributed by atoms with van der Waals surface area (Å²) in [5.74, 6) is -1.02. The smallest absolute Gasteiger partial charge is 0.244 e. The highest BCUT2D eigenvalue weighted by Gasteiger charge is 2.47. The number of likely N-dealkylation sites (tertiary alicyclic amines) is 1. The van der Waals surface area contributed by atoms with Crippen molar-refractivity contribution in [2.24, 2.45) is 11.8 Å². The van der Waals surface area contributed by atoms with E-state index in [1.807, 2.05) is 30.4 Å². The van der Waals surface area contributed by atoms with Gasteiger partial charge in [-0.05, 0) is 36.0 Å². The van der Waals surface area contributed by atoms with E-state index in [2.05, 4.69) is 26.1 Å². The zero-order valence-electron chi connectivity index (χ0n) is 16.2. The summed E-state index contributed by atoms with van der Waals surface area (Å²) >= 11 is 0. The van der Waals surface area contributed by atoms with Crippen LogP contribution < -0.4 is 10.1 Å². The van der Waals surface area contributed by atoms with E-state index in [1.54, 1.807) is 0 Å². The summed E-state index contributed by atoms with van der Waals surface area (Å²) in [7, 11) is 1.53. The van der Waals surface area contributed by atoms with E-state index in [9.17, 15) is 14.4 Å². The van der Waals surface area contributed by atoms with Gasteiger partial charge in [-0.2, -0.15) is 0 Å². The van der Waals surface area contributed by atoms with Gasteiger partial charge in [0.2, 0.25) is 17.7 Å². The lowest BCUT2D eigenvalue weighted by molar-refractivity contribution is -0.142. The van der Waals surface area contributed by atoms with Crippen LogP contribution in [0.3, 0.4) is 0 Å². The Labute approximate surface area is 159 Å². The molecule has 0 unspecified atom stereocenters. The van der Waals surface area contributed by atoms with E-state index in [0.717, 1.165) is 10.5 Å². The average molecular weight is 370 g/mol. The summed E-state index contributed by atoms with van der Waals surface area (Å²) in [6.07, 6.45) is 4.99. The number of ether oxygens (including phenoxy) is 1. The molecule has 27 heavy (non-hydrogen) atoms. The van der Waals surface area contributed by atoms with Crippen molar-refractivity contribution in [1.29, 1.82) is 0 Å². The predicted octanol–water partition coefficient (Wildman–Crippen LogP) is 2.88. The van der Waals surface area contributed by atoms with Gasteiger partial charge in [-0.1, -0.05) is 39.0 Å². The van der Waals surface area contributed by atoms with E-state index in [1.165, 1.54) is 7.11 Å². The number of benzene rings is 1. The fourth-order valence-electron chi connectivity index (χ4n) is 3.63. The summed E-state index contributed by atoms with van der Waals surface area (Å²) in [5, 5.41) is 2.80. The Kier molecular flexibility index (Phi) is 5.09. The molecular weight excluding hydrogens is 344 g/mol. The summed E-state index contributed by atoms with van der Waals surface area (Å²) in [4.78, 5) is 38.7. The molecule has 0 radical (unpaired) electrons. The first-order valence-electron chi connectivity index (χ1n) is 9.21. The van der Waals surface area contributed by atoms with Crippen LogP contribution in [0.4, 0.5) is 5.69 Å². The number of amides is 3. The number of imide groups is 1. The average Bonchev–Trinajstić information content (AvgIpc) is 2.86. The minimum absolute atomic E-state index is 0.0880. The van der Waals surface area contributed by atoms with Gasteiger partial charge in [-0.25, -0.2) is 0 Å². The minimum atomic E-state index is -0.410. The second-order valence-electron chi connectivity index (χ2n) is 8.13. The molecule has 144 valence electrons. The van der Waals surface area contributed by atoms with Crippen LogP contribution in [0, 0.1) is 11.8 Å². The molecule has 3 rings (SSSR count). The molecule has 2 aliphatic rings. The SMILES string of the molecule is COc1ccc(C(C)(C)C)cc1NC(=O)CN1C(=O)[C@H]2CC=CC[C@@H]2C1=O. The quantitative estimate of drug-likeness (QED) is 0.653. The standard InChI is InChI=1S/C21H26N2O4/c1-21(2,3)13-9-10-17(27-4)16(11-13)22-18(24)12-23-19(25)14-7-5-6-8-15(14)20(23)26/h5-6,9-11,14-15H,7-8,12H2,1-4H3,(H,22,24)/t14-,15-/m0/s1. The molecule has 6 heteroatoms. The molecule has 0 bridgehead atoms. The first kappa shape index (κ1) is 19.1. The highest BCUT2D eigenvalue weighted by molar-refractivity contribution is 6.09. The van der Waals surface area contributed by atoms with Crippen molar-refractivity contribution < 1.29 is 19.1 Å². The topological polar surface area (TPSA) is 75.7 Å². The van der Waals surface area contributed by atoms with Crippen LogP contribution in [-0.4, -0.2) is 36.3 Å². The van der Waals surface area contributed by atoms with Gasteiger partial charge in [0.1, 0.15) is 12.3 Å². The lowest BCUT2D eigenvalue weighted by Crippen LogP contribution is -2.38. The van der Waals surface area contributed by atoms with Crippen molar-refractivity contribution in [2.45, 2.75) is 39.0 Å². The third-order valence-electron chi connectivity index (χ3n) is 5.24. The van der Waals surface area contributed by atoms with Crippen molar-refractivity contribution in [2.75, 3.05) is 19.0 Å². The maximum atomic E-state index is 12.6. The number of hydrogen-bond donors (Lipinski definition) is 1. The van der Waals surface area contributed by atoms with E-state index in [0.29, 0.717) is 24.3 Å². The number of allylic oxidation sites excluding steroid dienone is 2. The van der Waals surface area contributed by atoms with Crippen LogP contribution in [-0.2, 0) is 19.8 Å². The molecule has 1 heterocycles. The summed E-state index contributed by atoms with van der Waals surface area (Å²) < 4.78 is 5.33. The van der Waals surface area contributed by atoms with Crippen molar-refractivity contribution in [3.63, 3.8) is 0 Å². The maximum Gasteiger partial charge on any atom is 0.244 e. The second kappa shape index (κ2) is 7.18. The molecule has 0 spiro atoms. The Morgan fingerprint density at radius 2 is 1.74 bits per heavy atom. The molecule has 3 amide bonds. The first-order chi connectivity index (χ1) is 12.7. The van der Waals surface area contributed by atoms with Gasteiger partial charge >= 0.3 is 0 Å². The molecule has 0 saturated carbocycles. The van der Waals surface area contributed by atoms with E-state index >= 15 is 0 Å². The normalized spacial score (nSPS) is 22.0. The number of rotatable bonds is 4. The van der Waals surface area contributed by atoms with Crippen LogP contribution in [0.25, 0.3) is 0 Å². The monoisotopic (exact) mass is 370 g/mol. The lowest BCUT2D eigenvalue weighted by atomic mass is 9.85. The number of carbonyl (C=O) groups excluding carboxylic acids is 3. The third-order valence-corrected chi connectivity index (χ3v) is 5.24. The zero-order valence-corrected chi connectivity index (χ0v) is 16.2. The summed E-state index contributed by atoms with van der Waals surface area (Å²) in [6, 6.07) is 5.64. The molecular formula is C21H26N2O4. The van der Waals surface area contributed by atoms with Gasteiger partial charge in [-0.15, -0.1) is 0 Å². The fourth-order valence-corrected chi connectivity index (χ4v) is 3.63. The number of methoxy groups -OCH3 is 1. The van der Waals surface area contributed by atoms with E-state index < -0.39 is 5.91 Å². The Morgan fingerprint density at radius 3 is 2.26 bits per heavy atom. The number of fused-ring (bicyclic) bond motifs is 1. The van der Waals surface area contributed by atoms with Gasteiger partial charge in [0.15, 0.2) is 0 Å². The van der Waals surface area contributed by atoms with Gasteiger partial charge in [0, 0.05) is 0 Å². The molecule has 1 aromatic carbocycles. The summed E-state index contributed by atoms with van der Waals surface area (Å²) in [5.41, 5.74) is 1.49. The number of nitrogens with one attached hydrogen (secondary N) is 1. The Morgan fingerprint density at radius 1 is 1.15 bits per heavy atom. The van der Waals surface area contributed by atoms with Crippen molar-refractivity contribution in [3.05, 3.63) is 35.9 Å². The van der Waals surface area contributed by atoms with Gasteiger partial charge in [-0.3, -0.25) is 19.3 Å². The molecule has 2 atom stereocenters. The van der Waals surface area contributed by atoms with Crippen LogP contribution in [0.15, 0.2) is 30.4 Å². The lowest BCUT2D eigenvalue weighted by Gasteiger charge is -2.21. The van der Waals surface area contributed by atoms with Gasteiger partial charge in [0.05, 0.1) is 24.6 Å². The molecule has 6 nitrogen and oxygen atoms in total. The number of hydrogen-bond acceptors (Lipinski definition) is 4. The number of carbonyl (C=O) groups is 3. The second-order valence-corrected chi connectivity index (χ2v) is 8.13. The van der Waals surface area contributed by atoms with Crippen LogP contribution in [0.5, 0.6) is 5.75 Å². The van der Waals surface area contributed by atoms with E-state index in [-0.39, 0.29) is 35.6 Å². The van der Waals surface area contributed by atoms with E-state index in [4.69, 9.17) is 4.74 Å². The predicted molar refractivity (Wildman–Crippen MR) is 102 cm³/mol. The van der Waals surface area contributed by atoms with Gasteiger partial charge < -0.3 is 10.1 Å². The highest BCUT2D eigenvalue weighted by Crippen LogP contribution is 2.35. The summed E-state index contributed by atoms with van der Waals surface area (Å²) in [6.45, 7) is 5.97. The van der Waals surface area contributed by atoms with Crippen LogP contribution in [0.2, 0.25) is 0 Å². The number of anilines is 1. The Balaban J connectivity index is 1.75. The number of nitrogens with zero attached hydrogens (tertiary/aromatic N) is 1. The Bertz CT molecular complexity index is 781. The van der Waals surface area contributed by atoms with Crippen LogP contribution in [0.1, 0.15) is 39.2 Å². The largest absolute Gasteiger partial charge is 0.495 e. The highest BCUT2D eigenvalue weighted by atomic mass is 16.5. The molecule has 0 aromatic heterocycles. The van der Waals surface area contributed by atoms with Crippen molar-refractivity contribution in [3.8, 4) is 5.75 Å².